The Morgan fingerprint density at radius 3 is 2.72 bits per heavy atom. The van der Waals surface area contributed by atoms with E-state index >= 15 is 0 Å². The monoisotopic (exact) mass is 453 g/mol. The SMILES string of the molecule is Cc1ccc(OCn2cc(NC(=O)c3ccc(Cn4nc(C)c(Cl)c4C)o3)cn2)c(C)c1. The van der Waals surface area contributed by atoms with Crippen molar-refractivity contribution in [2.75, 3.05) is 5.32 Å². The third kappa shape index (κ3) is 4.70. The molecule has 0 saturated heterocycles. The average molecular weight is 454 g/mol. The van der Waals surface area contributed by atoms with Crippen LogP contribution in [0.4, 0.5) is 5.69 Å². The lowest BCUT2D eigenvalue weighted by Gasteiger charge is -2.09. The van der Waals surface area contributed by atoms with E-state index < -0.39 is 0 Å². The molecule has 0 atom stereocenters. The van der Waals surface area contributed by atoms with E-state index in [2.05, 4.69) is 21.6 Å². The van der Waals surface area contributed by atoms with Gasteiger partial charge in [0.25, 0.3) is 5.91 Å². The number of hydrogen-bond donors (Lipinski definition) is 1. The lowest BCUT2D eigenvalue weighted by atomic mass is 10.1. The van der Waals surface area contributed by atoms with E-state index in [1.807, 2.05) is 39.8 Å². The molecule has 0 fully saturated rings. The summed E-state index contributed by atoms with van der Waals surface area (Å²) in [4.78, 5) is 12.6. The number of hydrogen-bond acceptors (Lipinski definition) is 5. The number of aromatic nitrogens is 4. The Kier molecular flexibility index (Phi) is 6.05. The largest absolute Gasteiger partial charge is 0.471 e. The smallest absolute Gasteiger partial charge is 0.291 e. The standard InChI is InChI=1S/C23H24ClN5O3/c1-14-5-7-20(15(2)9-14)31-13-28-11-18(10-25-28)26-23(30)21-8-6-19(32-21)12-29-17(4)22(24)16(3)27-29/h5-11H,12-13H2,1-4H3,(H,26,30). The lowest BCUT2D eigenvalue weighted by molar-refractivity contribution is 0.0994. The highest BCUT2D eigenvalue weighted by molar-refractivity contribution is 6.31. The summed E-state index contributed by atoms with van der Waals surface area (Å²) >= 11 is 6.19. The molecule has 9 heteroatoms. The minimum atomic E-state index is -0.363. The van der Waals surface area contributed by atoms with E-state index in [1.54, 1.807) is 33.9 Å². The summed E-state index contributed by atoms with van der Waals surface area (Å²) in [6, 6.07) is 9.38. The van der Waals surface area contributed by atoms with Crippen molar-refractivity contribution in [1.29, 1.82) is 0 Å². The molecule has 0 radical (unpaired) electrons. The third-order valence-corrected chi connectivity index (χ3v) is 5.61. The zero-order valence-corrected chi connectivity index (χ0v) is 19.1. The van der Waals surface area contributed by atoms with Crippen LogP contribution in [0.5, 0.6) is 5.75 Å². The van der Waals surface area contributed by atoms with Crippen molar-refractivity contribution in [1.82, 2.24) is 19.6 Å². The topological polar surface area (TPSA) is 87.1 Å². The normalized spacial score (nSPS) is 11.0. The Morgan fingerprint density at radius 1 is 1.19 bits per heavy atom. The molecule has 0 aliphatic heterocycles. The van der Waals surface area contributed by atoms with Crippen molar-refractivity contribution in [3.8, 4) is 5.75 Å². The molecule has 8 nitrogen and oxygen atoms in total. The van der Waals surface area contributed by atoms with Gasteiger partial charge in [-0.2, -0.15) is 10.2 Å². The predicted octanol–water partition coefficient (Wildman–Crippen LogP) is 4.90. The van der Waals surface area contributed by atoms with Crippen LogP contribution in [0.25, 0.3) is 0 Å². The number of carbonyl (C=O) groups is 1. The lowest BCUT2D eigenvalue weighted by Crippen LogP contribution is -2.11. The van der Waals surface area contributed by atoms with E-state index in [9.17, 15) is 4.79 Å². The van der Waals surface area contributed by atoms with Crippen molar-refractivity contribution in [2.24, 2.45) is 0 Å². The molecule has 0 spiro atoms. The summed E-state index contributed by atoms with van der Waals surface area (Å²) in [6.07, 6.45) is 3.26. The summed E-state index contributed by atoms with van der Waals surface area (Å²) in [6.45, 7) is 8.39. The van der Waals surface area contributed by atoms with E-state index in [0.29, 0.717) is 23.0 Å². The molecule has 32 heavy (non-hydrogen) atoms. The van der Waals surface area contributed by atoms with Gasteiger partial charge in [0.05, 0.1) is 41.0 Å². The number of nitrogens with one attached hydrogen (secondary N) is 1. The minimum Gasteiger partial charge on any atom is -0.471 e. The van der Waals surface area contributed by atoms with Gasteiger partial charge < -0.3 is 14.5 Å². The van der Waals surface area contributed by atoms with Gasteiger partial charge >= 0.3 is 0 Å². The van der Waals surface area contributed by atoms with E-state index in [1.165, 1.54) is 5.56 Å². The zero-order valence-electron chi connectivity index (χ0n) is 18.3. The molecule has 0 aliphatic rings. The second-order valence-corrected chi connectivity index (χ2v) is 8.05. The van der Waals surface area contributed by atoms with Crippen molar-refractivity contribution in [3.05, 3.63) is 81.8 Å². The fraction of sp³-hybridized carbons (Fsp3) is 0.261. The van der Waals surface area contributed by atoms with Crippen LogP contribution in [0, 0.1) is 27.7 Å². The highest BCUT2D eigenvalue weighted by Crippen LogP contribution is 2.21. The van der Waals surface area contributed by atoms with Crippen LogP contribution >= 0.6 is 11.6 Å². The molecular formula is C23H24ClN5O3. The number of carbonyl (C=O) groups excluding carboxylic acids is 1. The van der Waals surface area contributed by atoms with Crippen LogP contribution in [0.1, 0.15) is 38.8 Å². The number of rotatable bonds is 7. The first-order valence-electron chi connectivity index (χ1n) is 10.1. The van der Waals surface area contributed by atoms with E-state index in [-0.39, 0.29) is 18.4 Å². The van der Waals surface area contributed by atoms with Crippen LogP contribution in [0.3, 0.4) is 0 Å². The average Bonchev–Trinajstić information content (AvgIpc) is 3.45. The Labute approximate surface area is 190 Å². The Bertz CT molecular complexity index is 1270. The molecular weight excluding hydrogens is 430 g/mol. The third-order valence-electron chi connectivity index (χ3n) is 5.06. The van der Waals surface area contributed by atoms with Gasteiger partial charge in [-0.05, 0) is 51.5 Å². The molecule has 0 saturated carbocycles. The number of furan rings is 1. The summed E-state index contributed by atoms with van der Waals surface area (Å²) in [5, 5.41) is 12.0. The Balaban J connectivity index is 1.35. The maximum Gasteiger partial charge on any atom is 0.291 e. The van der Waals surface area contributed by atoms with Gasteiger partial charge in [0.1, 0.15) is 11.5 Å². The van der Waals surface area contributed by atoms with Gasteiger partial charge in [-0.1, -0.05) is 29.3 Å². The van der Waals surface area contributed by atoms with Gasteiger partial charge in [-0.25, -0.2) is 4.68 Å². The van der Waals surface area contributed by atoms with Crippen LogP contribution in [-0.4, -0.2) is 25.5 Å². The maximum atomic E-state index is 12.6. The molecule has 0 unspecified atom stereocenters. The predicted molar refractivity (Wildman–Crippen MR) is 121 cm³/mol. The fourth-order valence-electron chi connectivity index (χ4n) is 3.35. The molecule has 166 valence electrons. The van der Waals surface area contributed by atoms with Gasteiger partial charge in [0.15, 0.2) is 12.5 Å². The fourth-order valence-corrected chi connectivity index (χ4v) is 3.49. The number of amides is 1. The summed E-state index contributed by atoms with van der Waals surface area (Å²) < 4.78 is 14.9. The van der Waals surface area contributed by atoms with Gasteiger partial charge in [0, 0.05) is 0 Å². The second kappa shape index (κ2) is 8.92. The first-order valence-corrected chi connectivity index (χ1v) is 10.5. The van der Waals surface area contributed by atoms with Crippen LogP contribution in [0.15, 0.2) is 47.1 Å². The van der Waals surface area contributed by atoms with Gasteiger partial charge in [-0.3, -0.25) is 9.48 Å². The molecule has 0 aliphatic carbocycles. The minimum absolute atomic E-state index is 0.201. The maximum absolute atomic E-state index is 12.6. The molecule has 1 aromatic carbocycles. The van der Waals surface area contributed by atoms with Crippen molar-refractivity contribution in [3.63, 3.8) is 0 Å². The van der Waals surface area contributed by atoms with E-state index in [4.69, 9.17) is 20.8 Å². The number of ether oxygens (including phenoxy) is 1. The van der Waals surface area contributed by atoms with Crippen molar-refractivity contribution < 1.29 is 13.9 Å². The summed E-state index contributed by atoms with van der Waals surface area (Å²) in [7, 11) is 0. The molecule has 4 aromatic rings. The molecule has 1 amide bonds. The van der Waals surface area contributed by atoms with Crippen molar-refractivity contribution in [2.45, 2.75) is 41.0 Å². The zero-order chi connectivity index (χ0) is 22.8. The molecule has 0 bridgehead atoms. The summed E-state index contributed by atoms with van der Waals surface area (Å²) in [5.41, 5.74) is 4.39. The highest BCUT2D eigenvalue weighted by Gasteiger charge is 2.15. The summed E-state index contributed by atoms with van der Waals surface area (Å²) in [5.74, 6) is 1.24. The van der Waals surface area contributed by atoms with Gasteiger partial charge in [-0.15, -0.1) is 0 Å². The number of anilines is 1. The van der Waals surface area contributed by atoms with Crippen LogP contribution < -0.4 is 10.1 Å². The van der Waals surface area contributed by atoms with Crippen molar-refractivity contribution >= 4 is 23.2 Å². The molecule has 4 rings (SSSR count). The van der Waals surface area contributed by atoms with Crippen LogP contribution in [0.2, 0.25) is 5.02 Å². The van der Waals surface area contributed by atoms with Gasteiger partial charge in [0.2, 0.25) is 0 Å². The quantitative estimate of drug-likeness (QED) is 0.430. The molecule has 3 aromatic heterocycles. The Morgan fingerprint density at radius 2 is 2.00 bits per heavy atom. The number of benzene rings is 1. The van der Waals surface area contributed by atoms with E-state index in [0.717, 1.165) is 22.7 Å². The Hall–Kier alpha value is -3.52. The number of halogens is 1. The highest BCUT2D eigenvalue weighted by atomic mass is 35.5. The second-order valence-electron chi connectivity index (χ2n) is 7.67. The molecule has 1 N–H and O–H groups in total. The molecule has 3 heterocycles. The van der Waals surface area contributed by atoms with Crippen LogP contribution in [-0.2, 0) is 13.3 Å². The number of nitrogens with zero attached hydrogens (tertiary/aromatic N) is 4. The first-order chi connectivity index (χ1) is 15.3. The number of aryl methyl sites for hydroxylation is 3. The first kappa shape index (κ1) is 21.7.